The molecule has 1 fully saturated rings. The van der Waals surface area contributed by atoms with Crippen molar-refractivity contribution in [3.63, 3.8) is 0 Å². The zero-order valence-electron chi connectivity index (χ0n) is 10.9. The highest BCUT2D eigenvalue weighted by atomic mass is 16.5. The standard InChI is InChI=1S/C14H19N3O2/c15-13-11-4-3-10(9-12(11)16-14(13)18)19-8-7-17-5-1-2-6-17/h3-4,9,13H,1-2,5-8,15H2,(H,16,18). The highest BCUT2D eigenvalue weighted by molar-refractivity contribution is 6.02. The first-order valence-corrected chi connectivity index (χ1v) is 6.79. The second kappa shape index (κ2) is 5.19. The highest BCUT2D eigenvalue weighted by Crippen LogP contribution is 2.32. The lowest BCUT2D eigenvalue weighted by atomic mass is 10.1. The molecule has 0 saturated carbocycles. The van der Waals surface area contributed by atoms with Crippen LogP contribution in [0.1, 0.15) is 24.4 Å². The number of nitrogens with one attached hydrogen (secondary N) is 1. The van der Waals surface area contributed by atoms with Crippen LogP contribution in [0.15, 0.2) is 18.2 Å². The number of anilines is 1. The Hall–Kier alpha value is -1.59. The number of hydrogen-bond donors (Lipinski definition) is 2. The number of likely N-dealkylation sites (tertiary alicyclic amines) is 1. The van der Waals surface area contributed by atoms with E-state index in [1.54, 1.807) is 0 Å². The molecule has 2 aliphatic heterocycles. The van der Waals surface area contributed by atoms with Crippen LogP contribution in [0.3, 0.4) is 0 Å². The summed E-state index contributed by atoms with van der Waals surface area (Å²) < 4.78 is 5.73. The molecule has 2 aliphatic rings. The summed E-state index contributed by atoms with van der Waals surface area (Å²) in [4.78, 5) is 13.9. The molecule has 1 atom stereocenters. The second-order valence-corrected chi connectivity index (χ2v) is 5.11. The Kier molecular flexibility index (Phi) is 3.40. The quantitative estimate of drug-likeness (QED) is 0.852. The number of carbonyl (C=O) groups is 1. The van der Waals surface area contributed by atoms with Gasteiger partial charge in [0, 0.05) is 23.9 Å². The molecule has 2 heterocycles. The molecule has 1 aromatic rings. The lowest BCUT2D eigenvalue weighted by molar-refractivity contribution is -0.116. The minimum absolute atomic E-state index is 0.149. The Labute approximate surface area is 112 Å². The van der Waals surface area contributed by atoms with Gasteiger partial charge in [-0.25, -0.2) is 0 Å². The molecule has 3 N–H and O–H groups in total. The van der Waals surface area contributed by atoms with Crippen LogP contribution in [-0.4, -0.2) is 37.0 Å². The first kappa shape index (κ1) is 12.4. The number of fused-ring (bicyclic) bond motifs is 1. The van der Waals surface area contributed by atoms with Crippen molar-refractivity contribution in [3.8, 4) is 5.75 Å². The van der Waals surface area contributed by atoms with E-state index in [1.165, 1.54) is 25.9 Å². The van der Waals surface area contributed by atoms with Crippen LogP contribution >= 0.6 is 0 Å². The molecule has 3 rings (SSSR count). The summed E-state index contributed by atoms with van der Waals surface area (Å²) in [5.74, 6) is 0.636. The average molecular weight is 261 g/mol. The highest BCUT2D eigenvalue weighted by Gasteiger charge is 2.27. The molecule has 1 unspecified atom stereocenters. The van der Waals surface area contributed by atoms with Crippen molar-refractivity contribution >= 4 is 11.6 Å². The number of carbonyl (C=O) groups excluding carboxylic acids is 1. The molecule has 0 bridgehead atoms. The minimum atomic E-state index is -0.548. The SMILES string of the molecule is NC1C(=O)Nc2cc(OCCN3CCCC3)ccc21. The van der Waals surface area contributed by atoms with E-state index in [2.05, 4.69) is 10.2 Å². The summed E-state index contributed by atoms with van der Waals surface area (Å²) in [6.07, 6.45) is 2.59. The first-order valence-electron chi connectivity index (χ1n) is 6.79. The maximum Gasteiger partial charge on any atom is 0.245 e. The lowest BCUT2D eigenvalue weighted by Gasteiger charge is -2.15. The monoisotopic (exact) mass is 261 g/mol. The summed E-state index contributed by atoms with van der Waals surface area (Å²) in [6.45, 7) is 4.00. The smallest absolute Gasteiger partial charge is 0.245 e. The molecule has 5 nitrogen and oxygen atoms in total. The molecule has 102 valence electrons. The average Bonchev–Trinajstić information content (AvgIpc) is 3.00. The van der Waals surface area contributed by atoms with Crippen molar-refractivity contribution in [2.24, 2.45) is 5.73 Å². The zero-order valence-corrected chi connectivity index (χ0v) is 10.9. The lowest BCUT2D eigenvalue weighted by Crippen LogP contribution is -2.25. The minimum Gasteiger partial charge on any atom is -0.492 e. The Bertz CT molecular complexity index is 484. The molecular weight excluding hydrogens is 242 g/mol. The normalized spacial score (nSPS) is 22.4. The fraction of sp³-hybridized carbons (Fsp3) is 0.500. The van der Waals surface area contributed by atoms with Gasteiger partial charge < -0.3 is 15.8 Å². The van der Waals surface area contributed by atoms with Crippen LogP contribution in [0.5, 0.6) is 5.75 Å². The molecular formula is C14H19N3O2. The zero-order chi connectivity index (χ0) is 13.2. The molecule has 1 amide bonds. The Morgan fingerprint density at radius 3 is 2.95 bits per heavy atom. The maximum atomic E-state index is 11.4. The van der Waals surface area contributed by atoms with Gasteiger partial charge >= 0.3 is 0 Å². The number of rotatable bonds is 4. The van der Waals surface area contributed by atoms with Crippen molar-refractivity contribution in [3.05, 3.63) is 23.8 Å². The topological polar surface area (TPSA) is 67.6 Å². The van der Waals surface area contributed by atoms with E-state index in [0.29, 0.717) is 6.61 Å². The van der Waals surface area contributed by atoms with Gasteiger partial charge in [0.25, 0.3) is 0 Å². The van der Waals surface area contributed by atoms with Crippen LogP contribution in [0.2, 0.25) is 0 Å². The summed E-state index contributed by atoms with van der Waals surface area (Å²) in [5.41, 5.74) is 7.38. The number of hydrogen-bond acceptors (Lipinski definition) is 4. The van der Waals surface area contributed by atoms with Crippen LogP contribution in [-0.2, 0) is 4.79 Å². The fourth-order valence-corrected chi connectivity index (χ4v) is 2.66. The van der Waals surface area contributed by atoms with Crippen molar-refractivity contribution < 1.29 is 9.53 Å². The van der Waals surface area contributed by atoms with E-state index >= 15 is 0 Å². The first-order chi connectivity index (χ1) is 9.24. The summed E-state index contributed by atoms with van der Waals surface area (Å²) >= 11 is 0. The Balaban J connectivity index is 1.57. The molecule has 0 aromatic heterocycles. The van der Waals surface area contributed by atoms with E-state index in [1.807, 2.05) is 18.2 Å². The largest absolute Gasteiger partial charge is 0.492 e. The van der Waals surface area contributed by atoms with Gasteiger partial charge in [0.15, 0.2) is 0 Å². The van der Waals surface area contributed by atoms with Gasteiger partial charge in [-0.05, 0) is 32.0 Å². The molecule has 19 heavy (non-hydrogen) atoms. The predicted octanol–water partition coefficient (Wildman–Crippen LogP) is 1.11. The van der Waals surface area contributed by atoms with Crippen molar-refractivity contribution in [2.45, 2.75) is 18.9 Å². The number of benzene rings is 1. The Morgan fingerprint density at radius 2 is 2.16 bits per heavy atom. The van der Waals surface area contributed by atoms with Crippen molar-refractivity contribution in [1.29, 1.82) is 0 Å². The number of nitrogens with zero attached hydrogens (tertiary/aromatic N) is 1. The molecule has 1 saturated heterocycles. The Morgan fingerprint density at radius 1 is 1.37 bits per heavy atom. The molecule has 0 spiro atoms. The summed E-state index contributed by atoms with van der Waals surface area (Å²) in [5, 5.41) is 2.76. The van der Waals surface area contributed by atoms with Crippen molar-refractivity contribution in [2.75, 3.05) is 31.6 Å². The van der Waals surface area contributed by atoms with Crippen LogP contribution in [0, 0.1) is 0 Å². The molecule has 0 radical (unpaired) electrons. The van der Waals surface area contributed by atoms with Gasteiger partial charge in [0.05, 0.1) is 0 Å². The molecule has 5 heteroatoms. The van der Waals surface area contributed by atoms with E-state index in [9.17, 15) is 4.79 Å². The third-order valence-electron chi connectivity index (χ3n) is 3.78. The second-order valence-electron chi connectivity index (χ2n) is 5.11. The molecule has 0 aliphatic carbocycles. The molecule has 1 aromatic carbocycles. The maximum absolute atomic E-state index is 11.4. The van der Waals surface area contributed by atoms with Gasteiger partial charge in [-0.3, -0.25) is 9.69 Å². The summed E-state index contributed by atoms with van der Waals surface area (Å²) in [6, 6.07) is 5.05. The van der Waals surface area contributed by atoms with E-state index in [-0.39, 0.29) is 5.91 Å². The predicted molar refractivity (Wildman–Crippen MR) is 73.2 cm³/mol. The van der Waals surface area contributed by atoms with Gasteiger partial charge in [0.1, 0.15) is 18.4 Å². The third-order valence-corrected chi connectivity index (χ3v) is 3.78. The number of nitrogens with two attached hydrogens (primary N) is 1. The van der Waals surface area contributed by atoms with E-state index in [0.717, 1.165) is 23.5 Å². The van der Waals surface area contributed by atoms with Crippen LogP contribution in [0.25, 0.3) is 0 Å². The van der Waals surface area contributed by atoms with Crippen molar-refractivity contribution in [1.82, 2.24) is 4.90 Å². The number of amides is 1. The number of ether oxygens (including phenoxy) is 1. The van der Waals surface area contributed by atoms with E-state index in [4.69, 9.17) is 10.5 Å². The van der Waals surface area contributed by atoms with Gasteiger partial charge in [-0.2, -0.15) is 0 Å². The third kappa shape index (κ3) is 2.57. The van der Waals surface area contributed by atoms with Gasteiger partial charge in [-0.1, -0.05) is 6.07 Å². The van der Waals surface area contributed by atoms with Gasteiger partial charge in [0.2, 0.25) is 5.91 Å². The fourth-order valence-electron chi connectivity index (χ4n) is 2.66. The van der Waals surface area contributed by atoms with Gasteiger partial charge in [-0.15, -0.1) is 0 Å². The van der Waals surface area contributed by atoms with Crippen LogP contribution < -0.4 is 15.8 Å². The van der Waals surface area contributed by atoms with E-state index < -0.39 is 6.04 Å². The van der Waals surface area contributed by atoms with Crippen LogP contribution in [0.4, 0.5) is 5.69 Å². The summed E-state index contributed by atoms with van der Waals surface area (Å²) in [7, 11) is 0.